The van der Waals surface area contributed by atoms with Crippen LogP contribution in [0.15, 0.2) is 115 Å². The van der Waals surface area contributed by atoms with Crippen LogP contribution < -0.4 is 0 Å². The standard InChI is InChI=1S/C40H33N3S/c1-39(2)24-40(3,4)33-23-28(21-22-32(33)39)37-41-36(27-19-17-26(18-20-27)25-11-6-5-7-12-25)42-38(43-37)31-15-10-14-30-29-13-8-9-16-34(29)44-35(30)31/h5-23H,24H2,1-4H3. The van der Waals surface area contributed by atoms with Gasteiger partial charge in [-0.2, -0.15) is 0 Å². The highest BCUT2D eigenvalue weighted by molar-refractivity contribution is 7.26. The first-order valence-electron chi connectivity index (χ1n) is 15.2. The van der Waals surface area contributed by atoms with Gasteiger partial charge in [0.2, 0.25) is 0 Å². The monoisotopic (exact) mass is 587 g/mol. The summed E-state index contributed by atoms with van der Waals surface area (Å²) in [4.78, 5) is 15.4. The number of hydrogen-bond donors (Lipinski definition) is 0. The molecule has 0 N–H and O–H groups in total. The van der Waals surface area contributed by atoms with Crippen molar-refractivity contribution in [2.45, 2.75) is 44.9 Å². The Kier molecular flexibility index (Phi) is 6.08. The van der Waals surface area contributed by atoms with Crippen LogP contribution in [0.3, 0.4) is 0 Å². The first-order chi connectivity index (χ1) is 21.3. The zero-order chi connectivity index (χ0) is 30.1. The van der Waals surface area contributed by atoms with Gasteiger partial charge in [-0.05, 0) is 57.7 Å². The maximum Gasteiger partial charge on any atom is 0.165 e. The van der Waals surface area contributed by atoms with E-state index in [0.29, 0.717) is 17.5 Å². The lowest BCUT2D eigenvalue weighted by Gasteiger charge is -2.22. The largest absolute Gasteiger partial charge is 0.208 e. The van der Waals surface area contributed by atoms with Crippen LogP contribution in [0.25, 0.3) is 65.5 Å². The minimum Gasteiger partial charge on any atom is -0.208 e. The molecule has 0 aliphatic heterocycles. The lowest BCUT2D eigenvalue weighted by Crippen LogP contribution is -2.17. The molecule has 214 valence electrons. The van der Waals surface area contributed by atoms with Crippen molar-refractivity contribution in [1.82, 2.24) is 15.0 Å². The number of aromatic nitrogens is 3. The molecule has 0 fully saturated rings. The topological polar surface area (TPSA) is 38.7 Å². The van der Waals surface area contributed by atoms with E-state index in [1.165, 1.54) is 42.4 Å². The van der Waals surface area contributed by atoms with Gasteiger partial charge >= 0.3 is 0 Å². The molecule has 0 radical (unpaired) electrons. The van der Waals surface area contributed by atoms with Crippen LogP contribution >= 0.6 is 11.3 Å². The number of fused-ring (bicyclic) bond motifs is 4. The van der Waals surface area contributed by atoms with E-state index in [-0.39, 0.29) is 10.8 Å². The van der Waals surface area contributed by atoms with Crippen LogP contribution in [-0.2, 0) is 10.8 Å². The smallest absolute Gasteiger partial charge is 0.165 e. The fourth-order valence-corrected chi connectivity index (χ4v) is 8.46. The second kappa shape index (κ2) is 9.93. The van der Waals surface area contributed by atoms with E-state index in [9.17, 15) is 0 Å². The SMILES string of the molecule is CC1(C)CC(C)(C)c2cc(-c3nc(-c4ccc(-c5ccccc5)cc4)nc(-c4cccc5c4sc4ccccc45)n3)ccc21. The van der Waals surface area contributed by atoms with Gasteiger partial charge in [0.05, 0.1) is 0 Å². The molecule has 2 aromatic heterocycles. The summed E-state index contributed by atoms with van der Waals surface area (Å²) in [6, 6.07) is 40.9. The molecule has 3 nitrogen and oxygen atoms in total. The molecule has 5 aromatic carbocycles. The zero-order valence-corrected chi connectivity index (χ0v) is 26.2. The van der Waals surface area contributed by atoms with E-state index in [1.54, 1.807) is 11.3 Å². The first kappa shape index (κ1) is 26.9. The van der Waals surface area contributed by atoms with E-state index in [4.69, 9.17) is 15.0 Å². The first-order valence-corrected chi connectivity index (χ1v) is 16.1. The Morgan fingerprint density at radius 3 is 1.89 bits per heavy atom. The summed E-state index contributed by atoms with van der Waals surface area (Å²) in [7, 11) is 0. The summed E-state index contributed by atoms with van der Waals surface area (Å²) in [5, 5.41) is 2.50. The molecule has 0 bridgehead atoms. The molecular formula is C40H33N3S. The molecule has 0 unspecified atom stereocenters. The van der Waals surface area contributed by atoms with Crippen molar-refractivity contribution in [3.63, 3.8) is 0 Å². The third kappa shape index (κ3) is 4.44. The Hall–Kier alpha value is -4.67. The van der Waals surface area contributed by atoms with Crippen LogP contribution in [0.4, 0.5) is 0 Å². The average Bonchev–Trinajstić information content (AvgIpc) is 3.51. The minimum absolute atomic E-state index is 0.0868. The lowest BCUT2D eigenvalue weighted by atomic mass is 9.82. The fraction of sp³-hybridized carbons (Fsp3) is 0.175. The fourth-order valence-electron chi connectivity index (χ4n) is 7.25. The second-order valence-electron chi connectivity index (χ2n) is 13.2. The molecule has 1 aliphatic rings. The number of thiophene rings is 1. The van der Waals surface area contributed by atoms with Gasteiger partial charge in [-0.3, -0.25) is 0 Å². The predicted octanol–water partition coefficient (Wildman–Crippen LogP) is 10.9. The zero-order valence-electron chi connectivity index (χ0n) is 25.4. The highest BCUT2D eigenvalue weighted by Gasteiger charge is 2.41. The average molecular weight is 588 g/mol. The van der Waals surface area contributed by atoms with Crippen molar-refractivity contribution in [2.24, 2.45) is 0 Å². The molecule has 2 heterocycles. The highest BCUT2D eigenvalue weighted by atomic mass is 32.1. The predicted molar refractivity (Wildman–Crippen MR) is 185 cm³/mol. The van der Waals surface area contributed by atoms with E-state index in [0.717, 1.165) is 23.1 Å². The summed E-state index contributed by atoms with van der Waals surface area (Å²) < 4.78 is 2.47. The maximum absolute atomic E-state index is 5.18. The van der Waals surface area contributed by atoms with E-state index < -0.39 is 0 Å². The molecule has 1 aliphatic carbocycles. The molecular weight excluding hydrogens is 555 g/mol. The Balaban J connectivity index is 1.32. The van der Waals surface area contributed by atoms with Gasteiger partial charge in [-0.1, -0.05) is 125 Å². The molecule has 4 heteroatoms. The summed E-state index contributed by atoms with van der Waals surface area (Å²) in [5.41, 5.74) is 8.45. The van der Waals surface area contributed by atoms with Crippen molar-refractivity contribution < 1.29 is 0 Å². The summed E-state index contributed by atoms with van der Waals surface area (Å²) in [5.74, 6) is 2.09. The maximum atomic E-state index is 5.18. The van der Waals surface area contributed by atoms with Gasteiger partial charge in [0.15, 0.2) is 17.5 Å². The molecule has 0 saturated carbocycles. The molecule has 0 saturated heterocycles. The summed E-state index contributed by atoms with van der Waals surface area (Å²) in [6.45, 7) is 9.41. The minimum atomic E-state index is 0.0868. The molecule has 0 spiro atoms. The van der Waals surface area contributed by atoms with E-state index in [1.807, 2.05) is 6.07 Å². The molecule has 0 amide bonds. The summed E-state index contributed by atoms with van der Waals surface area (Å²) >= 11 is 1.80. The molecule has 8 rings (SSSR count). The lowest BCUT2D eigenvalue weighted by molar-refractivity contribution is 0.403. The Morgan fingerprint density at radius 1 is 0.500 bits per heavy atom. The normalized spacial score (nSPS) is 15.1. The Morgan fingerprint density at radius 2 is 1.09 bits per heavy atom. The van der Waals surface area contributed by atoms with Gasteiger partial charge in [-0.15, -0.1) is 11.3 Å². The van der Waals surface area contributed by atoms with Gasteiger partial charge in [0.1, 0.15) is 0 Å². The van der Waals surface area contributed by atoms with Crippen LogP contribution in [0.5, 0.6) is 0 Å². The van der Waals surface area contributed by atoms with E-state index >= 15 is 0 Å². The number of rotatable bonds is 4. The van der Waals surface area contributed by atoms with Crippen molar-refractivity contribution >= 4 is 31.5 Å². The van der Waals surface area contributed by atoms with Gasteiger partial charge in [0, 0.05) is 36.9 Å². The quantitative estimate of drug-likeness (QED) is 0.206. The van der Waals surface area contributed by atoms with Gasteiger partial charge in [0.25, 0.3) is 0 Å². The van der Waals surface area contributed by atoms with Crippen LogP contribution in [-0.4, -0.2) is 15.0 Å². The number of nitrogens with zero attached hydrogens (tertiary/aromatic N) is 3. The van der Waals surface area contributed by atoms with Gasteiger partial charge in [-0.25, -0.2) is 15.0 Å². The van der Waals surface area contributed by atoms with Crippen molar-refractivity contribution in [2.75, 3.05) is 0 Å². The van der Waals surface area contributed by atoms with Crippen LogP contribution in [0.1, 0.15) is 45.2 Å². The molecule has 7 aromatic rings. The molecule has 44 heavy (non-hydrogen) atoms. The molecule has 0 atom stereocenters. The third-order valence-electron chi connectivity index (χ3n) is 9.15. The third-order valence-corrected chi connectivity index (χ3v) is 10.4. The van der Waals surface area contributed by atoms with Crippen molar-refractivity contribution in [3.8, 4) is 45.3 Å². The van der Waals surface area contributed by atoms with E-state index in [2.05, 4.69) is 137 Å². The van der Waals surface area contributed by atoms with Gasteiger partial charge < -0.3 is 0 Å². The Labute approximate surface area is 262 Å². The van der Waals surface area contributed by atoms with Crippen LogP contribution in [0.2, 0.25) is 0 Å². The Bertz CT molecular complexity index is 2190. The highest BCUT2D eigenvalue weighted by Crippen LogP contribution is 2.50. The van der Waals surface area contributed by atoms with Crippen LogP contribution in [0, 0.1) is 0 Å². The van der Waals surface area contributed by atoms with Crippen molar-refractivity contribution in [3.05, 3.63) is 126 Å². The number of benzene rings is 5. The number of hydrogen-bond acceptors (Lipinski definition) is 4. The van der Waals surface area contributed by atoms with Crippen molar-refractivity contribution in [1.29, 1.82) is 0 Å². The second-order valence-corrected chi connectivity index (χ2v) is 14.3. The summed E-state index contributed by atoms with van der Waals surface area (Å²) in [6.07, 6.45) is 1.12.